The Morgan fingerprint density at radius 3 is 2.57 bits per heavy atom. The van der Waals surface area contributed by atoms with E-state index in [1.165, 1.54) is 12.0 Å². The van der Waals surface area contributed by atoms with E-state index >= 15 is 0 Å². The van der Waals surface area contributed by atoms with Crippen molar-refractivity contribution in [3.8, 4) is 0 Å². The fraction of sp³-hybridized carbons (Fsp3) is 0.520. The molecule has 0 radical (unpaired) electrons. The fourth-order valence-corrected chi connectivity index (χ4v) is 5.60. The van der Waals surface area contributed by atoms with Crippen LogP contribution in [-0.2, 0) is 12.0 Å². The van der Waals surface area contributed by atoms with Gasteiger partial charge in [-0.05, 0) is 44.0 Å². The second-order valence-corrected chi connectivity index (χ2v) is 10.2. The smallest absolute Gasteiger partial charge is 0.324 e. The Morgan fingerprint density at radius 2 is 1.77 bits per heavy atom. The molecule has 2 saturated heterocycles. The molecule has 30 heavy (non-hydrogen) atoms. The monoisotopic (exact) mass is 404 g/mol. The highest BCUT2D eigenvalue weighted by Gasteiger charge is 2.47. The van der Waals surface area contributed by atoms with Crippen molar-refractivity contribution in [3.63, 3.8) is 0 Å². The molecule has 4 heterocycles. The van der Waals surface area contributed by atoms with Gasteiger partial charge in [0.2, 0.25) is 0 Å². The number of carbonyl (C=O) groups excluding carboxylic acids is 1. The third kappa shape index (κ3) is 3.39. The molecule has 5 nitrogen and oxygen atoms in total. The fourth-order valence-electron chi connectivity index (χ4n) is 5.60. The second kappa shape index (κ2) is 7.09. The lowest BCUT2D eigenvalue weighted by atomic mass is 9.86. The Morgan fingerprint density at radius 1 is 1.00 bits per heavy atom. The summed E-state index contributed by atoms with van der Waals surface area (Å²) in [4.78, 5) is 24.9. The molecule has 5 rings (SSSR count). The molecule has 3 aliphatic heterocycles. The number of hydrogen-bond acceptors (Lipinski definition) is 3. The molecule has 0 bridgehead atoms. The molecule has 1 aromatic carbocycles. The van der Waals surface area contributed by atoms with E-state index < -0.39 is 0 Å². The van der Waals surface area contributed by atoms with Crippen LogP contribution < -0.4 is 4.90 Å². The number of amides is 2. The van der Waals surface area contributed by atoms with Crippen LogP contribution in [0.4, 0.5) is 10.5 Å². The molecule has 1 spiro atoms. The Bertz CT molecular complexity index is 957. The number of nitrogens with zero attached hydrogens (tertiary/aromatic N) is 4. The molecule has 2 amide bonds. The normalized spacial score (nSPS) is 25.3. The Labute approximate surface area is 179 Å². The molecule has 158 valence electrons. The van der Waals surface area contributed by atoms with Crippen LogP contribution in [0.5, 0.6) is 0 Å². The number of anilines is 1. The number of aryl methyl sites for hydroxylation is 1. The van der Waals surface area contributed by atoms with Crippen molar-refractivity contribution in [2.45, 2.75) is 45.6 Å². The molecule has 5 heteroatoms. The van der Waals surface area contributed by atoms with E-state index in [-0.39, 0.29) is 16.9 Å². The van der Waals surface area contributed by atoms with E-state index in [1.807, 2.05) is 17.9 Å². The summed E-state index contributed by atoms with van der Waals surface area (Å²) < 4.78 is 0. The average Bonchev–Trinajstić information content (AvgIpc) is 3.39. The molecule has 0 N–H and O–H groups in total. The number of likely N-dealkylation sites (tertiary alicyclic amines) is 2. The first-order valence-corrected chi connectivity index (χ1v) is 11.2. The molecule has 2 aromatic rings. The summed E-state index contributed by atoms with van der Waals surface area (Å²) >= 11 is 0. The van der Waals surface area contributed by atoms with Gasteiger partial charge in [-0.25, -0.2) is 4.79 Å². The highest BCUT2D eigenvalue weighted by molar-refractivity contribution is 5.95. The van der Waals surface area contributed by atoms with E-state index in [0.717, 1.165) is 56.2 Å². The molecule has 1 aromatic heterocycles. The van der Waals surface area contributed by atoms with Crippen LogP contribution in [0.1, 0.15) is 43.6 Å². The Hall–Kier alpha value is -2.40. The molecular formula is C25H32N4O. The van der Waals surface area contributed by atoms with Gasteiger partial charge in [0.25, 0.3) is 0 Å². The minimum atomic E-state index is -0.103. The molecule has 2 fully saturated rings. The quantitative estimate of drug-likeness (QED) is 0.753. The first kappa shape index (κ1) is 19.6. The predicted molar refractivity (Wildman–Crippen MR) is 120 cm³/mol. The van der Waals surface area contributed by atoms with Crippen molar-refractivity contribution in [2.24, 2.45) is 5.41 Å². The van der Waals surface area contributed by atoms with E-state index in [0.29, 0.717) is 6.54 Å². The molecule has 0 saturated carbocycles. The van der Waals surface area contributed by atoms with Crippen LogP contribution >= 0.6 is 0 Å². The number of benzene rings is 1. The first-order valence-electron chi connectivity index (χ1n) is 11.2. The van der Waals surface area contributed by atoms with Crippen molar-refractivity contribution < 1.29 is 4.79 Å². The topological polar surface area (TPSA) is 39.7 Å². The first-order chi connectivity index (χ1) is 14.4. The zero-order valence-electron chi connectivity index (χ0n) is 18.4. The van der Waals surface area contributed by atoms with Gasteiger partial charge in [-0.1, -0.05) is 44.2 Å². The number of rotatable bonds is 2. The van der Waals surface area contributed by atoms with Crippen LogP contribution in [0.15, 0.2) is 42.5 Å². The minimum Gasteiger partial charge on any atom is -0.324 e. The summed E-state index contributed by atoms with van der Waals surface area (Å²) in [5.74, 6) is 0. The van der Waals surface area contributed by atoms with Gasteiger partial charge in [0.15, 0.2) is 0 Å². The molecular weight excluding hydrogens is 372 g/mol. The van der Waals surface area contributed by atoms with Crippen LogP contribution in [0.2, 0.25) is 0 Å². The van der Waals surface area contributed by atoms with Crippen molar-refractivity contribution in [2.75, 3.05) is 37.6 Å². The van der Waals surface area contributed by atoms with Gasteiger partial charge < -0.3 is 4.90 Å². The summed E-state index contributed by atoms with van der Waals surface area (Å²) in [6, 6.07) is 15.0. The molecule has 3 aliphatic rings. The van der Waals surface area contributed by atoms with Crippen molar-refractivity contribution in [1.82, 2.24) is 14.8 Å². The summed E-state index contributed by atoms with van der Waals surface area (Å²) in [5.41, 5.74) is 4.59. The number of carbonyl (C=O) groups is 1. The van der Waals surface area contributed by atoms with Gasteiger partial charge in [-0.3, -0.25) is 14.8 Å². The number of aromatic nitrogens is 1. The predicted octanol–water partition coefficient (Wildman–Crippen LogP) is 4.21. The summed E-state index contributed by atoms with van der Waals surface area (Å²) in [5, 5.41) is 0. The SMILES string of the molecule is Cc1ccc2c(n1)C(C)(C)CN2C(=O)N1CCC2(CCN(Cc3ccccc3)C2)C1. The third-order valence-corrected chi connectivity index (χ3v) is 7.20. The van der Waals surface area contributed by atoms with E-state index in [4.69, 9.17) is 4.98 Å². The summed E-state index contributed by atoms with van der Waals surface area (Å²) in [6.45, 7) is 12.1. The van der Waals surface area contributed by atoms with Gasteiger partial charge in [-0.2, -0.15) is 0 Å². The Kier molecular flexibility index (Phi) is 4.62. The maximum Gasteiger partial charge on any atom is 0.324 e. The molecule has 0 aliphatic carbocycles. The van der Waals surface area contributed by atoms with Crippen molar-refractivity contribution in [1.29, 1.82) is 0 Å². The molecule has 1 unspecified atom stereocenters. The van der Waals surface area contributed by atoms with Gasteiger partial charge in [-0.15, -0.1) is 0 Å². The zero-order valence-corrected chi connectivity index (χ0v) is 18.4. The van der Waals surface area contributed by atoms with Gasteiger partial charge in [0.1, 0.15) is 0 Å². The van der Waals surface area contributed by atoms with Crippen molar-refractivity contribution >= 4 is 11.7 Å². The minimum absolute atomic E-state index is 0.103. The van der Waals surface area contributed by atoms with Crippen molar-refractivity contribution in [3.05, 3.63) is 59.4 Å². The molecule has 1 atom stereocenters. The van der Waals surface area contributed by atoms with Crippen LogP contribution in [0, 0.1) is 12.3 Å². The summed E-state index contributed by atoms with van der Waals surface area (Å²) in [7, 11) is 0. The number of urea groups is 1. The lowest BCUT2D eigenvalue weighted by Gasteiger charge is -2.28. The lowest BCUT2D eigenvalue weighted by Crippen LogP contribution is -2.44. The lowest BCUT2D eigenvalue weighted by molar-refractivity contribution is 0.203. The van der Waals surface area contributed by atoms with Gasteiger partial charge in [0.05, 0.1) is 11.4 Å². The summed E-state index contributed by atoms with van der Waals surface area (Å²) in [6.07, 6.45) is 2.30. The third-order valence-electron chi connectivity index (χ3n) is 7.20. The highest BCUT2D eigenvalue weighted by Crippen LogP contribution is 2.43. The maximum absolute atomic E-state index is 13.5. The zero-order chi connectivity index (χ0) is 20.9. The number of hydrogen-bond donors (Lipinski definition) is 0. The largest absolute Gasteiger partial charge is 0.324 e. The standard InChI is InChI=1S/C25H32N4O/c1-19-9-10-21-22(26-19)24(2,3)16-29(21)23(30)28-14-12-25(18-28)11-13-27(17-25)15-20-7-5-4-6-8-20/h4-10H,11-18H2,1-3H3. The van der Waals surface area contributed by atoms with E-state index in [2.05, 4.69) is 60.0 Å². The number of pyridine rings is 1. The Balaban J connectivity index is 1.27. The highest BCUT2D eigenvalue weighted by atomic mass is 16.2. The number of fused-ring (bicyclic) bond motifs is 1. The average molecular weight is 405 g/mol. The van der Waals surface area contributed by atoms with E-state index in [1.54, 1.807) is 0 Å². The van der Waals surface area contributed by atoms with Crippen LogP contribution in [0.25, 0.3) is 0 Å². The van der Waals surface area contributed by atoms with Crippen LogP contribution in [0.3, 0.4) is 0 Å². The second-order valence-electron chi connectivity index (χ2n) is 10.2. The maximum atomic E-state index is 13.5. The van der Waals surface area contributed by atoms with Crippen LogP contribution in [-0.4, -0.2) is 53.5 Å². The van der Waals surface area contributed by atoms with E-state index in [9.17, 15) is 4.79 Å². The van der Waals surface area contributed by atoms with Gasteiger partial charge in [0, 0.05) is 49.2 Å². The van der Waals surface area contributed by atoms with Gasteiger partial charge >= 0.3 is 6.03 Å².